The molecule has 0 spiro atoms. The standard InChI is InChI=1S/C20H26N2O2/c1-4-22(5-2)18(16-11-7-6-8-12-16)15-21-20(23)17-13-9-10-14-19(17)24-3/h6-14,18H,4-5,15H2,1-3H3,(H,21,23)/t18-/m0/s1. The topological polar surface area (TPSA) is 41.6 Å². The van der Waals surface area contributed by atoms with E-state index in [0.29, 0.717) is 17.9 Å². The van der Waals surface area contributed by atoms with Gasteiger partial charge in [0.25, 0.3) is 5.91 Å². The highest BCUT2D eigenvalue weighted by Gasteiger charge is 2.20. The summed E-state index contributed by atoms with van der Waals surface area (Å²) in [6.07, 6.45) is 0. The highest BCUT2D eigenvalue weighted by atomic mass is 16.5. The molecule has 0 saturated heterocycles. The molecule has 128 valence electrons. The number of hydrogen-bond acceptors (Lipinski definition) is 3. The minimum absolute atomic E-state index is 0.111. The maximum absolute atomic E-state index is 12.5. The molecule has 2 rings (SSSR count). The van der Waals surface area contributed by atoms with Crippen molar-refractivity contribution >= 4 is 5.91 Å². The predicted octanol–water partition coefficient (Wildman–Crippen LogP) is 3.51. The van der Waals surface area contributed by atoms with Gasteiger partial charge in [0.1, 0.15) is 5.75 Å². The van der Waals surface area contributed by atoms with Crippen molar-refractivity contribution in [2.75, 3.05) is 26.7 Å². The minimum Gasteiger partial charge on any atom is -0.496 e. The second-order valence-electron chi connectivity index (χ2n) is 5.56. The van der Waals surface area contributed by atoms with Gasteiger partial charge in [-0.25, -0.2) is 0 Å². The fraction of sp³-hybridized carbons (Fsp3) is 0.350. The van der Waals surface area contributed by atoms with Crippen molar-refractivity contribution in [3.8, 4) is 5.75 Å². The van der Waals surface area contributed by atoms with E-state index < -0.39 is 0 Å². The zero-order chi connectivity index (χ0) is 17.4. The Hall–Kier alpha value is -2.33. The van der Waals surface area contributed by atoms with Crippen molar-refractivity contribution in [3.63, 3.8) is 0 Å². The highest BCUT2D eigenvalue weighted by Crippen LogP contribution is 2.21. The van der Waals surface area contributed by atoms with Crippen molar-refractivity contribution in [1.82, 2.24) is 10.2 Å². The molecule has 2 aromatic rings. The summed E-state index contributed by atoms with van der Waals surface area (Å²) < 4.78 is 5.28. The molecule has 0 fully saturated rings. The first-order valence-electron chi connectivity index (χ1n) is 8.41. The van der Waals surface area contributed by atoms with Gasteiger partial charge in [-0.15, -0.1) is 0 Å². The number of methoxy groups -OCH3 is 1. The van der Waals surface area contributed by atoms with E-state index in [1.165, 1.54) is 5.56 Å². The summed E-state index contributed by atoms with van der Waals surface area (Å²) in [5.74, 6) is 0.481. The lowest BCUT2D eigenvalue weighted by Crippen LogP contribution is -2.38. The number of rotatable bonds is 8. The summed E-state index contributed by atoms with van der Waals surface area (Å²) in [4.78, 5) is 14.9. The number of carbonyl (C=O) groups excluding carboxylic acids is 1. The fourth-order valence-corrected chi connectivity index (χ4v) is 2.91. The zero-order valence-electron chi connectivity index (χ0n) is 14.7. The minimum atomic E-state index is -0.111. The van der Waals surface area contributed by atoms with Crippen LogP contribution >= 0.6 is 0 Å². The van der Waals surface area contributed by atoms with E-state index in [2.05, 4.69) is 36.2 Å². The van der Waals surface area contributed by atoms with E-state index in [1.54, 1.807) is 19.2 Å². The normalized spacial score (nSPS) is 12.0. The van der Waals surface area contributed by atoms with Crippen LogP contribution in [0.5, 0.6) is 5.75 Å². The largest absolute Gasteiger partial charge is 0.496 e. The second kappa shape index (κ2) is 9.08. The Morgan fingerprint density at radius 2 is 1.67 bits per heavy atom. The average Bonchev–Trinajstić information content (AvgIpc) is 2.65. The number of carbonyl (C=O) groups is 1. The summed E-state index contributed by atoms with van der Waals surface area (Å²) >= 11 is 0. The first kappa shape index (κ1) is 18.0. The van der Waals surface area contributed by atoms with E-state index in [1.807, 2.05) is 30.3 Å². The van der Waals surface area contributed by atoms with Gasteiger partial charge in [-0.3, -0.25) is 9.69 Å². The summed E-state index contributed by atoms with van der Waals surface area (Å²) in [5.41, 5.74) is 1.77. The number of amides is 1. The van der Waals surface area contributed by atoms with Gasteiger partial charge in [0.05, 0.1) is 18.7 Å². The molecule has 0 radical (unpaired) electrons. The smallest absolute Gasteiger partial charge is 0.255 e. The molecule has 1 amide bonds. The first-order chi connectivity index (χ1) is 11.7. The molecular weight excluding hydrogens is 300 g/mol. The number of ether oxygens (including phenoxy) is 1. The van der Waals surface area contributed by atoms with Crippen molar-refractivity contribution in [2.45, 2.75) is 19.9 Å². The molecule has 24 heavy (non-hydrogen) atoms. The van der Waals surface area contributed by atoms with Crippen LogP contribution in [0.2, 0.25) is 0 Å². The number of nitrogens with zero attached hydrogens (tertiary/aromatic N) is 1. The third-order valence-electron chi connectivity index (χ3n) is 4.25. The maximum atomic E-state index is 12.5. The first-order valence-corrected chi connectivity index (χ1v) is 8.41. The zero-order valence-corrected chi connectivity index (χ0v) is 14.7. The highest BCUT2D eigenvalue weighted by molar-refractivity contribution is 5.96. The molecule has 4 heteroatoms. The van der Waals surface area contributed by atoms with E-state index in [4.69, 9.17) is 4.74 Å². The maximum Gasteiger partial charge on any atom is 0.255 e. The van der Waals surface area contributed by atoms with E-state index >= 15 is 0 Å². The summed E-state index contributed by atoms with van der Waals surface area (Å²) in [6.45, 7) is 6.70. The quantitative estimate of drug-likeness (QED) is 0.807. The average molecular weight is 326 g/mol. The van der Waals surface area contributed by atoms with Gasteiger partial charge < -0.3 is 10.1 Å². The van der Waals surface area contributed by atoms with Crippen LogP contribution in [0.1, 0.15) is 35.8 Å². The lowest BCUT2D eigenvalue weighted by molar-refractivity contribution is 0.0932. The van der Waals surface area contributed by atoms with Crippen molar-refractivity contribution in [1.29, 1.82) is 0 Å². The van der Waals surface area contributed by atoms with Crippen LogP contribution in [-0.4, -0.2) is 37.6 Å². The third kappa shape index (κ3) is 4.36. The van der Waals surface area contributed by atoms with Crippen LogP contribution < -0.4 is 10.1 Å². The lowest BCUT2D eigenvalue weighted by atomic mass is 10.0. The Bertz CT molecular complexity index is 639. The molecule has 0 saturated carbocycles. The Morgan fingerprint density at radius 3 is 2.29 bits per heavy atom. The number of likely N-dealkylation sites (N-methyl/N-ethyl adjacent to an activating group) is 1. The van der Waals surface area contributed by atoms with Crippen molar-refractivity contribution in [3.05, 3.63) is 65.7 Å². The van der Waals surface area contributed by atoms with E-state index in [-0.39, 0.29) is 11.9 Å². The summed E-state index contributed by atoms with van der Waals surface area (Å²) in [6, 6.07) is 17.7. The second-order valence-corrected chi connectivity index (χ2v) is 5.56. The van der Waals surface area contributed by atoms with Crippen LogP contribution in [0.15, 0.2) is 54.6 Å². The van der Waals surface area contributed by atoms with Gasteiger partial charge in [0.15, 0.2) is 0 Å². The SMILES string of the molecule is CCN(CC)[C@@H](CNC(=O)c1ccccc1OC)c1ccccc1. The Labute approximate surface area is 144 Å². The molecular formula is C20H26N2O2. The van der Waals surface area contributed by atoms with Gasteiger partial charge in [0, 0.05) is 6.54 Å². The van der Waals surface area contributed by atoms with Crippen LogP contribution in [0.4, 0.5) is 0 Å². The van der Waals surface area contributed by atoms with Crippen LogP contribution in [0.25, 0.3) is 0 Å². The fourth-order valence-electron chi connectivity index (χ4n) is 2.91. The Morgan fingerprint density at radius 1 is 1.04 bits per heavy atom. The molecule has 0 aliphatic rings. The van der Waals surface area contributed by atoms with Gasteiger partial charge in [-0.05, 0) is 30.8 Å². The number of benzene rings is 2. The van der Waals surface area contributed by atoms with Gasteiger partial charge in [-0.2, -0.15) is 0 Å². The Kier molecular flexibility index (Phi) is 6.82. The molecule has 0 bridgehead atoms. The molecule has 2 aromatic carbocycles. The van der Waals surface area contributed by atoms with Gasteiger partial charge in [-0.1, -0.05) is 56.3 Å². The molecule has 0 unspecified atom stereocenters. The lowest BCUT2D eigenvalue weighted by Gasteiger charge is -2.30. The van der Waals surface area contributed by atoms with E-state index in [0.717, 1.165) is 13.1 Å². The molecule has 1 atom stereocenters. The van der Waals surface area contributed by atoms with Crippen LogP contribution in [-0.2, 0) is 0 Å². The number of hydrogen-bond donors (Lipinski definition) is 1. The van der Waals surface area contributed by atoms with Gasteiger partial charge in [0.2, 0.25) is 0 Å². The van der Waals surface area contributed by atoms with Crippen LogP contribution in [0.3, 0.4) is 0 Å². The Balaban J connectivity index is 2.14. The molecule has 4 nitrogen and oxygen atoms in total. The summed E-state index contributed by atoms with van der Waals surface area (Å²) in [7, 11) is 1.58. The third-order valence-corrected chi connectivity index (χ3v) is 4.25. The summed E-state index contributed by atoms with van der Waals surface area (Å²) in [5, 5.41) is 3.06. The van der Waals surface area contributed by atoms with Crippen molar-refractivity contribution < 1.29 is 9.53 Å². The van der Waals surface area contributed by atoms with E-state index in [9.17, 15) is 4.79 Å². The molecule has 0 aromatic heterocycles. The molecule has 0 aliphatic heterocycles. The van der Waals surface area contributed by atoms with Crippen molar-refractivity contribution in [2.24, 2.45) is 0 Å². The van der Waals surface area contributed by atoms with Gasteiger partial charge >= 0.3 is 0 Å². The number of para-hydroxylation sites is 1. The number of nitrogens with one attached hydrogen (secondary N) is 1. The van der Waals surface area contributed by atoms with Crippen LogP contribution in [0, 0.1) is 0 Å². The molecule has 0 heterocycles. The monoisotopic (exact) mass is 326 g/mol. The molecule has 0 aliphatic carbocycles. The predicted molar refractivity (Wildman–Crippen MR) is 97.4 cm³/mol. The molecule has 1 N–H and O–H groups in total.